The number of rotatable bonds is 4. The zero-order valence-corrected chi connectivity index (χ0v) is 18.6. The van der Waals surface area contributed by atoms with Crippen LogP contribution >= 0.6 is 11.6 Å². The van der Waals surface area contributed by atoms with Crippen LogP contribution in [0.3, 0.4) is 0 Å². The Kier molecular flexibility index (Phi) is 5.65. The maximum absolute atomic E-state index is 12.6. The van der Waals surface area contributed by atoms with E-state index in [9.17, 15) is 18.0 Å². The third kappa shape index (κ3) is 4.38. The first-order chi connectivity index (χ1) is 14.6. The second kappa shape index (κ2) is 8.12. The lowest BCUT2D eigenvalue weighted by atomic mass is 9.95. The molecule has 4 rings (SSSR count). The Morgan fingerprint density at radius 1 is 1.13 bits per heavy atom. The van der Waals surface area contributed by atoms with Gasteiger partial charge in [0.2, 0.25) is 5.91 Å². The molecule has 2 saturated heterocycles. The summed E-state index contributed by atoms with van der Waals surface area (Å²) in [5.41, 5.74) is 7.42. The van der Waals surface area contributed by atoms with Crippen LogP contribution in [0.5, 0.6) is 0 Å². The zero-order chi connectivity index (χ0) is 22.3. The van der Waals surface area contributed by atoms with Crippen molar-refractivity contribution in [2.75, 3.05) is 32.4 Å². The Hall–Kier alpha value is -2.65. The molecule has 0 unspecified atom stereocenters. The summed E-state index contributed by atoms with van der Waals surface area (Å²) in [6.07, 6.45) is 3.41. The van der Waals surface area contributed by atoms with Gasteiger partial charge in [0.05, 0.1) is 10.8 Å². The summed E-state index contributed by atoms with van der Waals surface area (Å²) in [5, 5.41) is 0.355. The van der Waals surface area contributed by atoms with E-state index in [1.807, 2.05) is 12.1 Å². The van der Waals surface area contributed by atoms with Gasteiger partial charge in [-0.2, -0.15) is 0 Å². The van der Waals surface area contributed by atoms with Crippen LogP contribution in [0.1, 0.15) is 18.0 Å². The van der Waals surface area contributed by atoms with Crippen LogP contribution in [0, 0.1) is 5.92 Å². The van der Waals surface area contributed by atoms with E-state index in [1.54, 1.807) is 28.1 Å². The number of halogens is 1. The molecule has 10 heteroatoms. The highest BCUT2D eigenvalue weighted by molar-refractivity contribution is 7.90. The summed E-state index contributed by atoms with van der Waals surface area (Å²) in [7, 11) is -3.45. The Bertz CT molecular complexity index is 1130. The molecule has 2 N–H and O–H groups in total. The quantitative estimate of drug-likeness (QED) is 0.747. The Morgan fingerprint density at radius 2 is 1.87 bits per heavy atom. The smallest absolute Gasteiger partial charge is 0.320 e. The fourth-order valence-electron chi connectivity index (χ4n) is 4.04. The molecule has 1 aromatic heterocycles. The molecule has 0 spiro atoms. The second-order valence-electron chi connectivity index (χ2n) is 8.10. The summed E-state index contributed by atoms with van der Waals surface area (Å²) in [6.45, 7) is 2.03. The minimum atomic E-state index is -3.45. The number of amides is 3. The number of primary amides is 1. The highest BCUT2D eigenvalue weighted by Crippen LogP contribution is 2.32. The lowest BCUT2D eigenvalue weighted by Crippen LogP contribution is -2.53. The van der Waals surface area contributed by atoms with Gasteiger partial charge >= 0.3 is 6.03 Å². The van der Waals surface area contributed by atoms with E-state index in [4.69, 9.17) is 17.3 Å². The van der Waals surface area contributed by atoms with E-state index < -0.39 is 9.84 Å². The molecule has 2 aromatic rings. The van der Waals surface area contributed by atoms with Crippen molar-refractivity contribution in [1.29, 1.82) is 0 Å². The molecule has 3 amide bonds. The van der Waals surface area contributed by atoms with E-state index in [0.717, 1.165) is 11.9 Å². The average molecular weight is 463 g/mol. The Balaban J connectivity index is 1.42. The first-order valence-electron chi connectivity index (χ1n) is 9.92. The second-order valence-corrected chi connectivity index (χ2v) is 10.5. The summed E-state index contributed by atoms with van der Waals surface area (Å²) in [6, 6.07) is 8.39. The average Bonchev–Trinajstić information content (AvgIpc) is 3.17. The number of hydrogen-bond acceptors (Lipinski definition) is 5. The SMILES string of the molecule is CS(=O)(=O)c1cc(Cl)ccc1-c1ccc(C2CN(C(=O)N3CC[C@H](C(N)=O)C3)C2)nc1. The molecule has 1 atom stereocenters. The Morgan fingerprint density at radius 3 is 2.45 bits per heavy atom. The van der Waals surface area contributed by atoms with Gasteiger partial charge in [-0.1, -0.05) is 23.7 Å². The normalized spacial score (nSPS) is 19.4. The molecular weight excluding hydrogens is 440 g/mol. The van der Waals surface area contributed by atoms with Crippen molar-refractivity contribution >= 4 is 33.4 Å². The molecule has 0 saturated carbocycles. The predicted molar refractivity (Wildman–Crippen MR) is 116 cm³/mol. The van der Waals surface area contributed by atoms with Crippen molar-refractivity contribution in [2.24, 2.45) is 11.7 Å². The molecule has 3 heterocycles. The van der Waals surface area contributed by atoms with Gasteiger partial charge in [-0.3, -0.25) is 9.78 Å². The van der Waals surface area contributed by atoms with Gasteiger partial charge in [0, 0.05) is 66.4 Å². The number of hydrogen-bond donors (Lipinski definition) is 1. The molecule has 2 aliphatic heterocycles. The molecule has 0 radical (unpaired) electrons. The fraction of sp³-hybridized carbons (Fsp3) is 0.381. The van der Waals surface area contributed by atoms with Crippen LogP contribution in [-0.2, 0) is 14.6 Å². The summed E-state index contributed by atoms with van der Waals surface area (Å²) < 4.78 is 24.3. The van der Waals surface area contributed by atoms with E-state index in [0.29, 0.717) is 48.7 Å². The highest BCUT2D eigenvalue weighted by atomic mass is 35.5. The van der Waals surface area contributed by atoms with Crippen LogP contribution < -0.4 is 5.73 Å². The lowest BCUT2D eigenvalue weighted by molar-refractivity contribution is -0.121. The first kappa shape index (κ1) is 21.6. The van der Waals surface area contributed by atoms with Crippen molar-refractivity contribution in [3.8, 4) is 11.1 Å². The number of benzene rings is 1. The molecule has 1 aromatic carbocycles. The number of carbonyl (C=O) groups excluding carboxylic acids is 2. The predicted octanol–water partition coefficient (Wildman–Crippen LogP) is 2.13. The third-order valence-electron chi connectivity index (χ3n) is 5.87. The minimum Gasteiger partial charge on any atom is -0.369 e. The van der Waals surface area contributed by atoms with E-state index in [1.165, 1.54) is 6.07 Å². The number of likely N-dealkylation sites (tertiary alicyclic amines) is 2. The minimum absolute atomic E-state index is 0.0735. The summed E-state index contributed by atoms with van der Waals surface area (Å²) in [5.74, 6) is -0.507. The highest BCUT2D eigenvalue weighted by Gasteiger charge is 2.38. The number of nitrogens with two attached hydrogens (primary N) is 1. The van der Waals surface area contributed by atoms with Gasteiger partial charge in [0.25, 0.3) is 0 Å². The van der Waals surface area contributed by atoms with Crippen LogP contribution in [0.15, 0.2) is 41.4 Å². The van der Waals surface area contributed by atoms with E-state index in [-0.39, 0.29) is 28.7 Å². The van der Waals surface area contributed by atoms with Gasteiger partial charge in [-0.15, -0.1) is 0 Å². The van der Waals surface area contributed by atoms with Crippen molar-refractivity contribution in [3.05, 3.63) is 47.2 Å². The van der Waals surface area contributed by atoms with Crippen molar-refractivity contribution in [3.63, 3.8) is 0 Å². The Labute approximate surface area is 185 Å². The third-order valence-corrected chi connectivity index (χ3v) is 7.24. The van der Waals surface area contributed by atoms with Crippen molar-refractivity contribution in [1.82, 2.24) is 14.8 Å². The van der Waals surface area contributed by atoms with Gasteiger partial charge in [0.1, 0.15) is 0 Å². The van der Waals surface area contributed by atoms with Gasteiger partial charge in [-0.25, -0.2) is 13.2 Å². The van der Waals surface area contributed by atoms with E-state index in [2.05, 4.69) is 4.98 Å². The molecule has 8 nitrogen and oxygen atoms in total. The monoisotopic (exact) mass is 462 g/mol. The molecule has 2 aliphatic rings. The van der Waals surface area contributed by atoms with Crippen LogP contribution in [0.4, 0.5) is 4.79 Å². The zero-order valence-electron chi connectivity index (χ0n) is 17.0. The largest absolute Gasteiger partial charge is 0.369 e. The van der Waals surface area contributed by atoms with Crippen LogP contribution in [-0.4, -0.2) is 67.6 Å². The van der Waals surface area contributed by atoms with Gasteiger partial charge < -0.3 is 15.5 Å². The molecule has 164 valence electrons. The van der Waals surface area contributed by atoms with Crippen molar-refractivity contribution in [2.45, 2.75) is 17.2 Å². The lowest BCUT2D eigenvalue weighted by Gasteiger charge is -2.40. The van der Waals surface area contributed by atoms with Crippen LogP contribution in [0.25, 0.3) is 11.1 Å². The molecule has 0 aliphatic carbocycles. The summed E-state index contributed by atoms with van der Waals surface area (Å²) >= 11 is 5.97. The standard InChI is InChI=1S/C21H23ClN4O4S/c1-31(29,30)19-8-16(22)3-4-17(19)13-2-5-18(24-9-13)15-11-26(12-15)21(28)25-7-6-14(10-25)20(23)27/h2-5,8-9,14-15H,6-7,10-12H2,1H3,(H2,23,27)/t14-/m0/s1. The molecule has 31 heavy (non-hydrogen) atoms. The fourth-order valence-corrected chi connectivity index (χ4v) is 5.20. The number of sulfone groups is 1. The molecular formula is C21H23ClN4O4S. The number of carbonyl (C=O) groups is 2. The maximum atomic E-state index is 12.6. The topological polar surface area (TPSA) is 114 Å². The van der Waals surface area contributed by atoms with Crippen LogP contribution in [0.2, 0.25) is 5.02 Å². The number of pyridine rings is 1. The number of aromatic nitrogens is 1. The number of urea groups is 1. The maximum Gasteiger partial charge on any atom is 0.320 e. The summed E-state index contributed by atoms with van der Waals surface area (Å²) in [4.78, 5) is 32.0. The molecule has 2 fully saturated rings. The first-order valence-corrected chi connectivity index (χ1v) is 12.2. The number of nitrogens with zero attached hydrogens (tertiary/aromatic N) is 3. The van der Waals surface area contributed by atoms with Crippen molar-refractivity contribution < 1.29 is 18.0 Å². The van der Waals surface area contributed by atoms with E-state index >= 15 is 0 Å². The molecule has 0 bridgehead atoms. The van der Waals surface area contributed by atoms with Gasteiger partial charge in [0.15, 0.2) is 9.84 Å². The van der Waals surface area contributed by atoms with Gasteiger partial charge in [-0.05, 0) is 24.6 Å².